The van der Waals surface area contributed by atoms with Gasteiger partial charge < -0.3 is 0 Å². The molecule has 0 fully saturated rings. The van der Waals surface area contributed by atoms with Crippen LogP contribution >= 0.6 is 11.6 Å². The van der Waals surface area contributed by atoms with Crippen LogP contribution in [0.2, 0.25) is 0 Å². The summed E-state index contributed by atoms with van der Waals surface area (Å²) in [6.07, 6.45) is -9.57. The van der Waals surface area contributed by atoms with Crippen molar-refractivity contribution >= 4 is 17.2 Å². The molecule has 0 unspecified atom stereocenters. The average molecular weight is 304 g/mol. The van der Waals surface area contributed by atoms with Crippen LogP contribution in [0.1, 0.15) is 17.1 Å². The quantitative estimate of drug-likeness (QED) is 0.596. The van der Waals surface area contributed by atoms with Gasteiger partial charge in [0.05, 0.1) is 17.1 Å². The van der Waals surface area contributed by atoms with Crippen molar-refractivity contribution in [2.45, 2.75) is 18.2 Å². The van der Waals surface area contributed by atoms with Crippen LogP contribution in [0.5, 0.6) is 0 Å². The van der Waals surface area contributed by atoms with E-state index in [1.165, 1.54) is 0 Å². The first kappa shape index (κ1) is 13.9. The summed E-state index contributed by atoms with van der Waals surface area (Å²) in [5, 5.41) is 3.03. The van der Waals surface area contributed by atoms with Crippen molar-refractivity contribution in [1.82, 2.24) is 14.6 Å². The summed E-state index contributed by atoms with van der Waals surface area (Å²) in [5.74, 6) is -2.16. The number of hydrogen-bond acceptors (Lipinski definition) is 2. The smallest absolute Gasteiger partial charge is 0.216 e. The minimum Gasteiger partial charge on any atom is -0.216 e. The molecule has 0 aliphatic heterocycles. The molecule has 0 aliphatic rings. The lowest BCUT2D eigenvalue weighted by molar-refractivity contribution is -0.144. The topological polar surface area (TPSA) is 30.2 Å². The standard InChI is InChI=1S/C9H4ClF6N3/c10-3-5-4(8(11,12)13)1-2-6-17-7(9(14,15)16)18-19(5)6/h1-2H,3H2. The van der Waals surface area contributed by atoms with Gasteiger partial charge in [-0.15, -0.1) is 16.7 Å². The molecule has 0 bridgehead atoms. The van der Waals surface area contributed by atoms with Crippen molar-refractivity contribution in [2.24, 2.45) is 0 Å². The van der Waals surface area contributed by atoms with Crippen LogP contribution in [-0.4, -0.2) is 14.6 Å². The third kappa shape index (κ3) is 2.46. The first-order valence-corrected chi connectivity index (χ1v) is 5.27. The van der Waals surface area contributed by atoms with Gasteiger partial charge >= 0.3 is 12.4 Å². The number of alkyl halides is 7. The zero-order valence-electron chi connectivity index (χ0n) is 8.85. The first-order chi connectivity index (χ1) is 8.64. The van der Waals surface area contributed by atoms with Crippen LogP contribution in [-0.2, 0) is 18.2 Å². The molecule has 2 aromatic rings. The Hall–Kier alpha value is -1.51. The Morgan fingerprint density at radius 3 is 2.16 bits per heavy atom. The largest absolute Gasteiger partial charge is 0.453 e. The van der Waals surface area contributed by atoms with Gasteiger partial charge in [0.25, 0.3) is 5.82 Å². The van der Waals surface area contributed by atoms with Crippen molar-refractivity contribution in [3.63, 3.8) is 0 Å². The molecule has 0 N–H and O–H groups in total. The fourth-order valence-corrected chi connectivity index (χ4v) is 1.76. The molecule has 10 heteroatoms. The molecule has 0 aliphatic carbocycles. The van der Waals surface area contributed by atoms with Gasteiger partial charge in [-0.3, -0.25) is 0 Å². The van der Waals surface area contributed by atoms with Crippen LogP contribution in [0.3, 0.4) is 0 Å². The number of pyridine rings is 1. The van der Waals surface area contributed by atoms with E-state index in [0.29, 0.717) is 10.6 Å². The molecule has 0 spiro atoms. The molecular weight excluding hydrogens is 300 g/mol. The van der Waals surface area contributed by atoms with E-state index in [9.17, 15) is 26.3 Å². The second-order valence-electron chi connectivity index (χ2n) is 3.53. The number of hydrogen-bond donors (Lipinski definition) is 0. The Morgan fingerprint density at radius 1 is 1.05 bits per heavy atom. The molecule has 0 atom stereocenters. The molecule has 104 valence electrons. The summed E-state index contributed by atoms with van der Waals surface area (Å²) >= 11 is 5.37. The van der Waals surface area contributed by atoms with Gasteiger partial charge in [0.2, 0.25) is 0 Å². The Kier molecular flexibility index (Phi) is 3.12. The van der Waals surface area contributed by atoms with Crippen molar-refractivity contribution in [3.05, 3.63) is 29.2 Å². The third-order valence-corrected chi connectivity index (χ3v) is 2.54. The summed E-state index contributed by atoms with van der Waals surface area (Å²) in [6.45, 7) is 0. The third-order valence-electron chi connectivity index (χ3n) is 2.28. The highest BCUT2D eigenvalue weighted by molar-refractivity contribution is 6.17. The van der Waals surface area contributed by atoms with E-state index in [0.717, 1.165) is 6.07 Å². The lowest BCUT2D eigenvalue weighted by Gasteiger charge is -2.11. The minimum absolute atomic E-state index is 0.351. The highest BCUT2D eigenvalue weighted by Gasteiger charge is 2.38. The molecule has 0 radical (unpaired) electrons. The molecule has 0 aromatic carbocycles. The lowest BCUT2D eigenvalue weighted by Crippen LogP contribution is -2.13. The van der Waals surface area contributed by atoms with Crippen molar-refractivity contribution in [1.29, 1.82) is 0 Å². The van der Waals surface area contributed by atoms with Gasteiger partial charge in [-0.05, 0) is 12.1 Å². The van der Waals surface area contributed by atoms with Crippen LogP contribution in [0, 0.1) is 0 Å². The predicted molar refractivity (Wildman–Crippen MR) is 52.5 cm³/mol. The summed E-state index contributed by atoms with van der Waals surface area (Å²) < 4.78 is 75.7. The number of fused-ring (bicyclic) bond motifs is 1. The number of halogens is 7. The zero-order valence-corrected chi connectivity index (χ0v) is 9.61. The number of nitrogens with zero attached hydrogens (tertiary/aromatic N) is 3. The number of aromatic nitrogens is 3. The Bertz CT molecular complexity index is 615. The second-order valence-corrected chi connectivity index (χ2v) is 3.80. The van der Waals surface area contributed by atoms with Gasteiger partial charge in [-0.2, -0.15) is 26.3 Å². The second kappa shape index (κ2) is 4.26. The van der Waals surface area contributed by atoms with Crippen LogP contribution < -0.4 is 0 Å². The Balaban J connectivity index is 2.73. The SMILES string of the molecule is FC(F)(F)c1nc2ccc(C(F)(F)F)c(CCl)n2n1. The van der Waals surface area contributed by atoms with E-state index < -0.39 is 35.3 Å². The predicted octanol–water partition coefficient (Wildman–Crippen LogP) is 3.51. The van der Waals surface area contributed by atoms with E-state index >= 15 is 0 Å². The fraction of sp³-hybridized carbons (Fsp3) is 0.333. The van der Waals surface area contributed by atoms with E-state index in [2.05, 4.69) is 10.1 Å². The summed E-state index contributed by atoms with van der Waals surface area (Å²) in [6, 6.07) is 1.43. The fourth-order valence-electron chi connectivity index (χ4n) is 1.51. The molecule has 2 aromatic heterocycles. The number of rotatable bonds is 1. The summed E-state index contributed by atoms with van der Waals surface area (Å²) in [4.78, 5) is 3.12. The summed E-state index contributed by atoms with van der Waals surface area (Å²) in [5.41, 5.74) is -2.08. The lowest BCUT2D eigenvalue weighted by atomic mass is 10.2. The maximum absolute atomic E-state index is 12.7. The highest BCUT2D eigenvalue weighted by Crippen LogP contribution is 2.34. The first-order valence-electron chi connectivity index (χ1n) is 4.73. The van der Waals surface area contributed by atoms with E-state index in [1.54, 1.807) is 0 Å². The Labute approximate surface area is 106 Å². The molecule has 0 saturated heterocycles. The van der Waals surface area contributed by atoms with E-state index in [-0.39, 0.29) is 5.65 Å². The molecule has 0 amide bonds. The van der Waals surface area contributed by atoms with Gasteiger partial charge in [0.1, 0.15) is 0 Å². The van der Waals surface area contributed by atoms with Crippen molar-refractivity contribution in [2.75, 3.05) is 0 Å². The Morgan fingerprint density at radius 2 is 1.68 bits per heavy atom. The van der Waals surface area contributed by atoms with Crippen LogP contribution in [0.4, 0.5) is 26.3 Å². The average Bonchev–Trinajstić information content (AvgIpc) is 2.69. The van der Waals surface area contributed by atoms with E-state index in [1.807, 2.05) is 0 Å². The van der Waals surface area contributed by atoms with Crippen molar-refractivity contribution in [3.8, 4) is 0 Å². The van der Waals surface area contributed by atoms with Crippen molar-refractivity contribution < 1.29 is 26.3 Å². The minimum atomic E-state index is -4.84. The maximum atomic E-state index is 12.7. The highest BCUT2D eigenvalue weighted by atomic mass is 35.5. The van der Waals surface area contributed by atoms with Crippen LogP contribution in [0.25, 0.3) is 5.65 Å². The van der Waals surface area contributed by atoms with Gasteiger partial charge in [-0.1, -0.05) is 0 Å². The molecule has 19 heavy (non-hydrogen) atoms. The zero-order chi connectivity index (χ0) is 14.4. The molecule has 0 saturated carbocycles. The molecule has 3 nitrogen and oxygen atoms in total. The van der Waals surface area contributed by atoms with Gasteiger partial charge in [-0.25, -0.2) is 9.50 Å². The molecule has 2 rings (SSSR count). The monoisotopic (exact) mass is 303 g/mol. The van der Waals surface area contributed by atoms with E-state index in [4.69, 9.17) is 11.6 Å². The van der Waals surface area contributed by atoms with Gasteiger partial charge in [0.15, 0.2) is 5.65 Å². The van der Waals surface area contributed by atoms with Crippen LogP contribution in [0.15, 0.2) is 12.1 Å². The molecule has 2 heterocycles. The van der Waals surface area contributed by atoms with Gasteiger partial charge in [0, 0.05) is 0 Å². The summed E-state index contributed by atoms with van der Waals surface area (Å²) in [7, 11) is 0. The maximum Gasteiger partial charge on any atom is 0.453 e. The normalized spacial score (nSPS) is 13.2. The molecular formula is C9H4ClF6N3.